The van der Waals surface area contributed by atoms with E-state index in [1.54, 1.807) is 0 Å². The Kier molecular flexibility index (Phi) is 5.26. The van der Waals surface area contributed by atoms with E-state index in [-0.39, 0.29) is 0 Å². The van der Waals surface area contributed by atoms with E-state index in [0.717, 1.165) is 18.8 Å². The summed E-state index contributed by atoms with van der Waals surface area (Å²) in [7, 11) is 0. The van der Waals surface area contributed by atoms with Gasteiger partial charge in [0, 0.05) is 6.04 Å². The Morgan fingerprint density at radius 3 is 2.79 bits per heavy atom. The molecule has 1 aromatic carbocycles. The van der Waals surface area contributed by atoms with Gasteiger partial charge in [0.1, 0.15) is 5.75 Å². The number of ether oxygens (including phenoxy) is 1. The Bertz CT molecular complexity index is 394. The molecular weight excluding hydrogens is 234 g/mol. The molecule has 0 spiro atoms. The first-order chi connectivity index (χ1) is 9.16. The van der Waals surface area contributed by atoms with Gasteiger partial charge in [-0.15, -0.1) is 0 Å². The van der Waals surface area contributed by atoms with Crippen molar-refractivity contribution in [3.63, 3.8) is 0 Å². The minimum Gasteiger partial charge on any atom is -0.494 e. The quantitative estimate of drug-likeness (QED) is 0.864. The summed E-state index contributed by atoms with van der Waals surface area (Å²) in [6, 6.07) is 7.14. The molecule has 0 radical (unpaired) electrons. The van der Waals surface area contributed by atoms with Crippen molar-refractivity contribution < 1.29 is 4.74 Å². The Labute approximate surface area is 117 Å². The molecule has 2 rings (SSSR count). The standard InChI is InChI=1S/C17H27NO/c1-13(2)17-8-7-16(12-14(17)3)19-11-9-15-6-4-5-10-18-15/h7-8,12-13,15,18H,4-6,9-11H2,1-3H3. The van der Waals surface area contributed by atoms with Crippen LogP contribution < -0.4 is 10.1 Å². The molecule has 1 aliphatic rings. The van der Waals surface area contributed by atoms with Crippen LogP contribution in [0.5, 0.6) is 5.75 Å². The highest BCUT2D eigenvalue weighted by molar-refractivity contribution is 5.36. The largest absolute Gasteiger partial charge is 0.494 e. The fourth-order valence-corrected chi connectivity index (χ4v) is 2.88. The Morgan fingerprint density at radius 1 is 1.32 bits per heavy atom. The van der Waals surface area contributed by atoms with Crippen molar-refractivity contribution in [2.24, 2.45) is 0 Å². The summed E-state index contributed by atoms with van der Waals surface area (Å²) >= 11 is 0. The van der Waals surface area contributed by atoms with Gasteiger partial charge in [0.05, 0.1) is 6.61 Å². The SMILES string of the molecule is Cc1cc(OCCC2CCCCN2)ccc1C(C)C. The molecule has 0 bridgehead atoms. The number of nitrogens with one attached hydrogen (secondary N) is 1. The molecule has 0 saturated carbocycles. The van der Waals surface area contributed by atoms with Gasteiger partial charge in [-0.05, 0) is 61.9 Å². The molecule has 1 heterocycles. The zero-order chi connectivity index (χ0) is 13.7. The minimum absolute atomic E-state index is 0.584. The van der Waals surface area contributed by atoms with Gasteiger partial charge < -0.3 is 10.1 Å². The van der Waals surface area contributed by atoms with Crippen molar-refractivity contribution in [2.75, 3.05) is 13.2 Å². The topological polar surface area (TPSA) is 21.3 Å². The van der Waals surface area contributed by atoms with E-state index in [1.807, 2.05) is 0 Å². The van der Waals surface area contributed by atoms with E-state index in [1.165, 1.54) is 36.9 Å². The molecule has 1 atom stereocenters. The molecule has 1 saturated heterocycles. The lowest BCUT2D eigenvalue weighted by Crippen LogP contribution is -2.35. The summed E-state index contributed by atoms with van der Waals surface area (Å²) in [5.74, 6) is 1.60. The zero-order valence-electron chi connectivity index (χ0n) is 12.5. The Balaban J connectivity index is 1.81. The average Bonchev–Trinajstić information content (AvgIpc) is 2.39. The molecule has 1 aliphatic heterocycles. The molecule has 0 aliphatic carbocycles. The predicted octanol–water partition coefficient (Wildman–Crippen LogP) is 4.03. The molecule has 2 heteroatoms. The van der Waals surface area contributed by atoms with Gasteiger partial charge in [-0.1, -0.05) is 26.3 Å². The smallest absolute Gasteiger partial charge is 0.119 e. The zero-order valence-corrected chi connectivity index (χ0v) is 12.5. The number of rotatable bonds is 5. The summed E-state index contributed by atoms with van der Waals surface area (Å²) < 4.78 is 5.88. The third-order valence-corrected chi connectivity index (χ3v) is 4.01. The average molecular weight is 261 g/mol. The second kappa shape index (κ2) is 6.95. The monoisotopic (exact) mass is 261 g/mol. The van der Waals surface area contributed by atoms with Crippen LogP contribution in [0.25, 0.3) is 0 Å². The molecule has 2 nitrogen and oxygen atoms in total. The normalized spacial score (nSPS) is 19.7. The summed E-state index contributed by atoms with van der Waals surface area (Å²) in [5.41, 5.74) is 2.75. The van der Waals surface area contributed by atoms with Crippen molar-refractivity contribution in [1.29, 1.82) is 0 Å². The van der Waals surface area contributed by atoms with Crippen LogP contribution in [0.2, 0.25) is 0 Å². The lowest BCUT2D eigenvalue weighted by Gasteiger charge is -2.23. The maximum atomic E-state index is 5.88. The van der Waals surface area contributed by atoms with Crippen molar-refractivity contribution in [2.45, 2.75) is 58.4 Å². The van der Waals surface area contributed by atoms with Crippen LogP contribution >= 0.6 is 0 Å². The molecule has 1 unspecified atom stereocenters. The molecule has 1 N–H and O–H groups in total. The maximum Gasteiger partial charge on any atom is 0.119 e. The van der Waals surface area contributed by atoms with Gasteiger partial charge in [0.15, 0.2) is 0 Å². The second-order valence-electron chi connectivity index (χ2n) is 5.96. The van der Waals surface area contributed by atoms with Crippen LogP contribution in [-0.2, 0) is 0 Å². The fourth-order valence-electron chi connectivity index (χ4n) is 2.88. The molecule has 0 amide bonds. The van der Waals surface area contributed by atoms with Gasteiger partial charge in [-0.2, -0.15) is 0 Å². The van der Waals surface area contributed by atoms with Crippen LogP contribution in [0.4, 0.5) is 0 Å². The van der Waals surface area contributed by atoms with Crippen LogP contribution in [0.15, 0.2) is 18.2 Å². The molecule has 106 valence electrons. The Hall–Kier alpha value is -1.02. The maximum absolute atomic E-state index is 5.88. The van der Waals surface area contributed by atoms with E-state index >= 15 is 0 Å². The lowest BCUT2D eigenvalue weighted by molar-refractivity contribution is 0.268. The van der Waals surface area contributed by atoms with Gasteiger partial charge in [-0.3, -0.25) is 0 Å². The molecule has 0 aromatic heterocycles. The van der Waals surface area contributed by atoms with Crippen molar-refractivity contribution in [3.8, 4) is 5.75 Å². The number of benzene rings is 1. The Morgan fingerprint density at radius 2 is 2.16 bits per heavy atom. The summed E-state index contributed by atoms with van der Waals surface area (Å²) in [6.45, 7) is 8.63. The summed E-state index contributed by atoms with van der Waals surface area (Å²) in [4.78, 5) is 0. The first-order valence-electron chi connectivity index (χ1n) is 7.63. The number of hydrogen-bond donors (Lipinski definition) is 1. The van der Waals surface area contributed by atoms with Crippen molar-refractivity contribution in [3.05, 3.63) is 29.3 Å². The fraction of sp³-hybridized carbons (Fsp3) is 0.647. The van der Waals surface area contributed by atoms with Gasteiger partial charge in [0.25, 0.3) is 0 Å². The third-order valence-electron chi connectivity index (χ3n) is 4.01. The number of piperidine rings is 1. The first kappa shape index (κ1) is 14.4. The van der Waals surface area contributed by atoms with E-state index < -0.39 is 0 Å². The van der Waals surface area contributed by atoms with Crippen LogP contribution in [-0.4, -0.2) is 19.2 Å². The van der Waals surface area contributed by atoms with E-state index in [2.05, 4.69) is 44.3 Å². The summed E-state index contributed by atoms with van der Waals surface area (Å²) in [5, 5.41) is 3.56. The van der Waals surface area contributed by atoms with Crippen LogP contribution in [0.1, 0.15) is 56.6 Å². The highest BCUT2D eigenvalue weighted by atomic mass is 16.5. The van der Waals surface area contributed by atoms with Crippen molar-refractivity contribution >= 4 is 0 Å². The molecule has 1 aromatic rings. The molecule has 19 heavy (non-hydrogen) atoms. The minimum atomic E-state index is 0.584. The highest BCUT2D eigenvalue weighted by Crippen LogP contribution is 2.23. The van der Waals surface area contributed by atoms with E-state index in [0.29, 0.717) is 12.0 Å². The first-order valence-corrected chi connectivity index (χ1v) is 7.63. The highest BCUT2D eigenvalue weighted by Gasteiger charge is 2.12. The lowest BCUT2D eigenvalue weighted by atomic mass is 9.98. The molecule has 1 fully saturated rings. The summed E-state index contributed by atoms with van der Waals surface area (Å²) in [6.07, 6.45) is 5.10. The van der Waals surface area contributed by atoms with Gasteiger partial charge in [0.2, 0.25) is 0 Å². The van der Waals surface area contributed by atoms with E-state index in [9.17, 15) is 0 Å². The van der Waals surface area contributed by atoms with E-state index in [4.69, 9.17) is 4.74 Å². The molecular formula is C17H27NO. The van der Waals surface area contributed by atoms with Crippen LogP contribution in [0, 0.1) is 6.92 Å². The van der Waals surface area contributed by atoms with Crippen LogP contribution in [0.3, 0.4) is 0 Å². The third kappa shape index (κ3) is 4.24. The van der Waals surface area contributed by atoms with Gasteiger partial charge in [-0.25, -0.2) is 0 Å². The predicted molar refractivity (Wildman–Crippen MR) is 81.0 cm³/mol. The van der Waals surface area contributed by atoms with Gasteiger partial charge >= 0.3 is 0 Å². The second-order valence-corrected chi connectivity index (χ2v) is 5.96. The number of aryl methyl sites for hydroxylation is 1. The number of hydrogen-bond acceptors (Lipinski definition) is 2. The van der Waals surface area contributed by atoms with Crippen molar-refractivity contribution in [1.82, 2.24) is 5.32 Å².